The molecule has 0 heterocycles. The van der Waals surface area contributed by atoms with E-state index >= 15 is 0 Å². The summed E-state index contributed by atoms with van der Waals surface area (Å²) in [5, 5.41) is 23.2. The van der Waals surface area contributed by atoms with E-state index in [1.807, 2.05) is 6.07 Å². The van der Waals surface area contributed by atoms with Crippen LogP contribution in [0.5, 0.6) is 0 Å². The quantitative estimate of drug-likeness (QED) is 0.612. The van der Waals surface area contributed by atoms with E-state index in [-0.39, 0.29) is 23.8 Å². The van der Waals surface area contributed by atoms with E-state index in [1.54, 1.807) is 12.1 Å². The van der Waals surface area contributed by atoms with Gasteiger partial charge in [0.2, 0.25) is 0 Å². The Hall–Kier alpha value is -1.46. The standard InChI is InChI=1S/C14H22N2O3/c1-14(2,3)13(7-8-17)15-10-11-5-4-6-12(9-11)16(18)19/h4-6,9,13,15,17H,7-8,10H2,1-3H3. The van der Waals surface area contributed by atoms with Crippen LogP contribution in [0.2, 0.25) is 0 Å². The second kappa shape index (κ2) is 6.63. The van der Waals surface area contributed by atoms with E-state index in [2.05, 4.69) is 26.1 Å². The maximum absolute atomic E-state index is 10.7. The normalized spacial score (nSPS) is 13.3. The molecule has 0 amide bonds. The fourth-order valence-corrected chi connectivity index (χ4v) is 1.99. The highest BCUT2D eigenvalue weighted by molar-refractivity contribution is 5.34. The lowest BCUT2D eigenvalue weighted by Crippen LogP contribution is -2.40. The van der Waals surface area contributed by atoms with Crippen molar-refractivity contribution in [3.05, 3.63) is 39.9 Å². The summed E-state index contributed by atoms with van der Waals surface area (Å²) in [6.45, 7) is 7.00. The number of nitrogens with one attached hydrogen (secondary N) is 1. The number of benzene rings is 1. The maximum Gasteiger partial charge on any atom is 0.269 e. The van der Waals surface area contributed by atoms with Gasteiger partial charge in [-0.05, 0) is 17.4 Å². The summed E-state index contributed by atoms with van der Waals surface area (Å²) in [6.07, 6.45) is 0.665. The molecule has 19 heavy (non-hydrogen) atoms. The van der Waals surface area contributed by atoms with Gasteiger partial charge in [-0.3, -0.25) is 10.1 Å². The molecule has 0 saturated carbocycles. The third kappa shape index (κ3) is 4.96. The fourth-order valence-electron chi connectivity index (χ4n) is 1.99. The van der Waals surface area contributed by atoms with Crippen LogP contribution in [0.25, 0.3) is 0 Å². The molecule has 0 aliphatic rings. The number of rotatable bonds is 6. The highest BCUT2D eigenvalue weighted by atomic mass is 16.6. The van der Waals surface area contributed by atoms with Gasteiger partial charge in [-0.25, -0.2) is 0 Å². The number of non-ortho nitro benzene ring substituents is 1. The molecule has 0 spiro atoms. The molecule has 0 aliphatic carbocycles. The number of nitro benzene ring substituents is 1. The molecule has 1 rings (SSSR count). The molecule has 1 unspecified atom stereocenters. The van der Waals surface area contributed by atoms with Crippen molar-refractivity contribution in [3.63, 3.8) is 0 Å². The first kappa shape index (κ1) is 15.6. The van der Waals surface area contributed by atoms with E-state index in [0.717, 1.165) is 5.56 Å². The van der Waals surface area contributed by atoms with Gasteiger partial charge in [-0.15, -0.1) is 0 Å². The van der Waals surface area contributed by atoms with Crippen LogP contribution >= 0.6 is 0 Å². The van der Waals surface area contributed by atoms with Gasteiger partial charge in [0.1, 0.15) is 0 Å². The SMILES string of the molecule is CC(C)(C)C(CCO)NCc1cccc([N+](=O)[O-])c1. The molecule has 1 atom stereocenters. The monoisotopic (exact) mass is 266 g/mol. The molecule has 0 aromatic heterocycles. The minimum absolute atomic E-state index is 0.0312. The summed E-state index contributed by atoms with van der Waals surface area (Å²) < 4.78 is 0. The van der Waals surface area contributed by atoms with E-state index in [9.17, 15) is 10.1 Å². The number of nitro groups is 1. The van der Waals surface area contributed by atoms with Gasteiger partial charge in [0.25, 0.3) is 5.69 Å². The molecule has 1 aromatic rings. The molecule has 106 valence electrons. The lowest BCUT2D eigenvalue weighted by atomic mass is 9.85. The summed E-state index contributed by atoms with van der Waals surface area (Å²) in [5.41, 5.74) is 1.01. The van der Waals surface area contributed by atoms with Crippen LogP contribution in [0.4, 0.5) is 5.69 Å². The Balaban J connectivity index is 2.69. The van der Waals surface area contributed by atoms with Gasteiger partial charge in [-0.1, -0.05) is 32.9 Å². The van der Waals surface area contributed by atoms with E-state index in [0.29, 0.717) is 13.0 Å². The Bertz CT molecular complexity index is 427. The van der Waals surface area contributed by atoms with Crippen molar-refractivity contribution in [2.45, 2.75) is 39.8 Å². The molecule has 5 nitrogen and oxygen atoms in total. The second-order valence-electron chi connectivity index (χ2n) is 5.74. The van der Waals surface area contributed by atoms with Gasteiger partial charge in [0, 0.05) is 31.3 Å². The smallest absolute Gasteiger partial charge is 0.269 e. The Kier molecular flexibility index (Phi) is 5.44. The lowest BCUT2D eigenvalue weighted by molar-refractivity contribution is -0.384. The van der Waals surface area contributed by atoms with Gasteiger partial charge < -0.3 is 10.4 Å². The molecular weight excluding hydrogens is 244 g/mol. The molecule has 0 aliphatic heterocycles. The zero-order valence-electron chi connectivity index (χ0n) is 11.7. The van der Waals surface area contributed by atoms with Crippen LogP contribution in [-0.4, -0.2) is 22.7 Å². The summed E-state index contributed by atoms with van der Waals surface area (Å²) in [6, 6.07) is 6.77. The predicted molar refractivity (Wildman–Crippen MR) is 74.9 cm³/mol. The number of hydrogen-bond donors (Lipinski definition) is 2. The van der Waals surface area contributed by atoms with Gasteiger partial charge in [0.15, 0.2) is 0 Å². The van der Waals surface area contributed by atoms with Crippen molar-refractivity contribution in [3.8, 4) is 0 Å². The molecular formula is C14H22N2O3. The number of hydrogen-bond acceptors (Lipinski definition) is 4. The first-order chi connectivity index (χ1) is 8.84. The zero-order valence-corrected chi connectivity index (χ0v) is 11.7. The lowest BCUT2D eigenvalue weighted by Gasteiger charge is -2.31. The van der Waals surface area contributed by atoms with E-state index < -0.39 is 4.92 Å². The highest BCUT2D eigenvalue weighted by Gasteiger charge is 2.23. The minimum atomic E-state index is -0.390. The van der Waals surface area contributed by atoms with Gasteiger partial charge in [-0.2, -0.15) is 0 Å². The first-order valence-electron chi connectivity index (χ1n) is 6.42. The molecule has 0 radical (unpaired) electrons. The average Bonchev–Trinajstić information content (AvgIpc) is 2.33. The Morgan fingerprint density at radius 1 is 1.42 bits per heavy atom. The number of nitrogens with zero attached hydrogens (tertiary/aromatic N) is 1. The van der Waals surface area contributed by atoms with E-state index in [1.165, 1.54) is 6.07 Å². The molecule has 0 fully saturated rings. The minimum Gasteiger partial charge on any atom is -0.396 e. The fraction of sp³-hybridized carbons (Fsp3) is 0.571. The first-order valence-corrected chi connectivity index (χ1v) is 6.42. The zero-order chi connectivity index (χ0) is 14.5. The predicted octanol–water partition coefficient (Wildman–Crippen LogP) is 2.48. The van der Waals surface area contributed by atoms with Crippen LogP contribution < -0.4 is 5.32 Å². The molecule has 2 N–H and O–H groups in total. The molecule has 5 heteroatoms. The summed E-state index contributed by atoms with van der Waals surface area (Å²) in [5.74, 6) is 0. The van der Waals surface area contributed by atoms with Crippen LogP contribution in [0.3, 0.4) is 0 Å². The molecule has 0 saturated heterocycles. The largest absolute Gasteiger partial charge is 0.396 e. The third-order valence-electron chi connectivity index (χ3n) is 3.14. The van der Waals surface area contributed by atoms with Crippen LogP contribution in [0.1, 0.15) is 32.8 Å². The van der Waals surface area contributed by atoms with Crippen molar-refractivity contribution in [1.82, 2.24) is 5.32 Å². The Morgan fingerprint density at radius 3 is 2.63 bits per heavy atom. The van der Waals surface area contributed by atoms with E-state index in [4.69, 9.17) is 5.11 Å². The van der Waals surface area contributed by atoms with Crippen molar-refractivity contribution in [1.29, 1.82) is 0 Å². The van der Waals surface area contributed by atoms with Crippen LogP contribution in [-0.2, 0) is 6.54 Å². The van der Waals surface area contributed by atoms with Crippen LogP contribution in [0, 0.1) is 15.5 Å². The molecule has 0 bridgehead atoms. The maximum atomic E-state index is 10.7. The Labute approximate surface area is 113 Å². The van der Waals surface area contributed by atoms with Crippen molar-refractivity contribution < 1.29 is 10.0 Å². The number of aliphatic hydroxyl groups excluding tert-OH is 1. The summed E-state index contributed by atoms with van der Waals surface area (Å²) in [7, 11) is 0. The third-order valence-corrected chi connectivity index (χ3v) is 3.14. The van der Waals surface area contributed by atoms with Crippen molar-refractivity contribution in [2.75, 3.05) is 6.61 Å². The van der Waals surface area contributed by atoms with Gasteiger partial charge in [0.05, 0.1) is 4.92 Å². The highest BCUT2D eigenvalue weighted by Crippen LogP contribution is 2.22. The molecule has 1 aromatic carbocycles. The Morgan fingerprint density at radius 2 is 2.11 bits per heavy atom. The average molecular weight is 266 g/mol. The van der Waals surface area contributed by atoms with Crippen LogP contribution in [0.15, 0.2) is 24.3 Å². The summed E-state index contributed by atoms with van der Waals surface area (Å²) in [4.78, 5) is 10.3. The number of aliphatic hydroxyl groups is 1. The second-order valence-corrected chi connectivity index (χ2v) is 5.74. The van der Waals surface area contributed by atoms with Crippen molar-refractivity contribution in [2.24, 2.45) is 5.41 Å². The van der Waals surface area contributed by atoms with Gasteiger partial charge >= 0.3 is 0 Å². The van der Waals surface area contributed by atoms with Crippen molar-refractivity contribution >= 4 is 5.69 Å². The summed E-state index contributed by atoms with van der Waals surface area (Å²) >= 11 is 0. The topological polar surface area (TPSA) is 75.4 Å².